The van der Waals surface area contributed by atoms with Crippen molar-refractivity contribution in [3.05, 3.63) is 54.1 Å². The van der Waals surface area contributed by atoms with E-state index >= 15 is 0 Å². The molecule has 3 nitrogen and oxygen atoms in total. The Morgan fingerprint density at radius 3 is 2.58 bits per heavy atom. The van der Waals surface area contributed by atoms with Crippen LogP contribution in [0.5, 0.6) is 0 Å². The van der Waals surface area contributed by atoms with Gasteiger partial charge in [0, 0.05) is 39.4 Å². The number of hydrogen-bond donors (Lipinski definition) is 0. The summed E-state index contributed by atoms with van der Waals surface area (Å²) < 4.78 is 14.0. The predicted molar refractivity (Wildman–Crippen MR) is 112 cm³/mol. The Hall–Kier alpha value is -1.72. The van der Waals surface area contributed by atoms with Gasteiger partial charge >= 0.3 is 0 Å². The number of imidazole rings is 1. The topological polar surface area (TPSA) is 34.9 Å². The largest absolute Gasteiger partial charge is 0.295 e. The molecular weight excluding hydrogens is 360 g/mol. The molecular formula is C21H26N2OS2. The molecule has 0 amide bonds. The smallest absolute Gasteiger partial charge is 0.114 e. The Morgan fingerprint density at radius 1 is 1.15 bits per heavy atom. The van der Waals surface area contributed by atoms with Gasteiger partial charge in [-0.15, -0.1) is 11.3 Å². The average molecular weight is 387 g/mol. The molecule has 0 saturated carbocycles. The van der Waals surface area contributed by atoms with Gasteiger partial charge < -0.3 is 0 Å². The zero-order chi connectivity index (χ0) is 18.8. The summed E-state index contributed by atoms with van der Waals surface area (Å²) in [4.78, 5) is 6.92. The number of rotatable bonds is 6. The monoisotopic (exact) mass is 386 g/mol. The quantitative estimate of drug-likeness (QED) is 0.548. The van der Waals surface area contributed by atoms with Crippen LogP contribution in [0.1, 0.15) is 45.1 Å². The third-order valence-electron chi connectivity index (χ3n) is 4.26. The van der Waals surface area contributed by atoms with Crippen LogP contribution in [0.2, 0.25) is 0 Å². The van der Waals surface area contributed by atoms with Crippen molar-refractivity contribution >= 4 is 22.1 Å². The Morgan fingerprint density at radius 2 is 1.92 bits per heavy atom. The van der Waals surface area contributed by atoms with Crippen LogP contribution < -0.4 is 0 Å². The molecule has 26 heavy (non-hydrogen) atoms. The lowest BCUT2D eigenvalue weighted by Crippen LogP contribution is -2.03. The molecule has 2 heterocycles. The second-order valence-corrected chi connectivity index (χ2v) is 9.77. The van der Waals surface area contributed by atoms with Crippen molar-refractivity contribution in [2.24, 2.45) is 5.92 Å². The van der Waals surface area contributed by atoms with E-state index in [4.69, 9.17) is 4.98 Å². The van der Waals surface area contributed by atoms with Crippen LogP contribution in [0.3, 0.4) is 0 Å². The van der Waals surface area contributed by atoms with Gasteiger partial charge in [0.2, 0.25) is 0 Å². The van der Waals surface area contributed by atoms with Gasteiger partial charge in [0.25, 0.3) is 0 Å². The van der Waals surface area contributed by atoms with E-state index in [9.17, 15) is 4.21 Å². The molecule has 2 aromatic heterocycles. The van der Waals surface area contributed by atoms with Gasteiger partial charge in [0.1, 0.15) is 10.8 Å². The first kappa shape index (κ1) is 19.1. The Labute approximate surface area is 162 Å². The molecule has 3 rings (SSSR count). The summed E-state index contributed by atoms with van der Waals surface area (Å²) in [7, 11) is -0.965. The first-order chi connectivity index (χ1) is 12.3. The number of nitrogens with zero attached hydrogens (tertiary/aromatic N) is 2. The Balaban J connectivity index is 1.99. The fourth-order valence-electron chi connectivity index (χ4n) is 2.86. The van der Waals surface area contributed by atoms with Crippen molar-refractivity contribution in [3.8, 4) is 15.4 Å². The summed E-state index contributed by atoms with van der Waals surface area (Å²) in [6, 6.07) is 12.3. The van der Waals surface area contributed by atoms with Gasteiger partial charge in [0.15, 0.2) is 0 Å². The molecule has 0 aliphatic carbocycles. The second-order valence-electron chi connectivity index (χ2n) is 7.32. The van der Waals surface area contributed by atoms with Crippen molar-refractivity contribution < 1.29 is 4.21 Å². The highest BCUT2D eigenvalue weighted by Crippen LogP contribution is 2.33. The average Bonchev–Trinajstić information content (AvgIpc) is 3.21. The summed E-state index contributed by atoms with van der Waals surface area (Å²) in [6.45, 7) is 8.82. The highest BCUT2D eigenvalue weighted by atomic mass is 32.2. The van der Waals surface area contributed by atoms with E-state index in [0.717, 1.165) is 28.4 Å². The third-order valence-corrected chi connectivity index (χ3v) is 6.31. The fourth-order valence-corrected chi connectivity index (χ4v) is 4.42. The molecule has 0 spiro atoms. The van der Waals surface area contributed by atoms with E-state index in [-0.39, 0.29) is 0 Å². The maximum atomic E-state index is 11.8. The number of aromatic nitrogens is 2. The first-order valence-electron chi connectivity index (χ1n) is 8.97. The molecule has 0 bridgehead atoms. The van der Waals surface area contributed by atoms with Crippen molar-refractivity contribution in [3.63, 3.8) is 0 Å². The number of thiophene rings is 1. The van der Waals surface area contributed by atoms with Crippen molar-refractivity contribution in [2.75, 3.05) is 6.26 Å². The van der Waals surface area contributed by atoms with Crippen molar-refractivity contribution in [2.45, 2.75) is 44.9 Å². The summed E-state index contributed by atoms with van der Waals surface area (Å²) >= 11 is 1.75. The standard InChI is InChI=1S/C21H26N2OS2/c1-14(2)11-20-22-18(15(3)4)13-23(20)21-10-9-19(25-21)16-7-6-8-17(12-16)26(5)24/h6-10,12-15H,11H2,1-5H3. The molecule has 0 saturated heterocycles. The maximum Gasteiger partial charge on any atom is 0.114 e. The van der Waals surface area contributed by atoms with Gasteiger partial charge in [-0.1, -0.05) is 39.8 Å². The zero-order valence-electron chi connectivity index (χ0n) is 16.0. The van der Waals surface area contributed by atoms with Crippen LogP contribution in [-0.2, 0) is 17.2 Å². The van der Waals surface area contributed by atoms with Crippen molar-refractivity contribution in [1.82, 2.24) is 9.55 Å². The van der Waals surface area contributed by atoms with Crippen LogP contribution in [0.15, 0.2) is 47.5 Å². The first-order valence-corrected chi connectivity index (χ1v) is 11.3. The third kappa shape index (κ3) is 4.15. The minimum atomic E-state index is -0.965. The SMILES string of the molecule is CC(C)Cc1nc(C(C)C)cn1-c1ccc(-c2cccc(S(C)=O)c2)s1. The molecule has 0 N–H and O–H groups in total. The number of benzene rings is 1. The lowest BCUT2D eigenvalue weighted by molar-refractivity contribution is 0.613. The van der Waals surface area contributed by atoms with Crippen LogP contribution in [0.25, 0.3) is 15.4 Å². The normalized spacial score (nSPS) is 12.9. The highest BCUT2D eigenvalue weighted by Gasteiger charge is 2.15. The summed E-state index contributed by atoms with van der Waals surface area (Å²) in [5, 5.41) is 1.18. The molecule has 1 unspecified atom stereocenters. The highest BCUT2D eigenvalue weighted by molar-refractivity contribution is 7.84. The molecule has 1 atom stereocenters. The van der Waals surface area contributed by atoms with E-state index < -0.39 is 10.8 Å². The minimum absolute atomic E-state index is 0.415. The molecule has 0 fully saturated rings. The molecule has 5 heteroatoms. The van der Waals surface area contributed by atoms with E-state index in [1.807, 2.05) is 18.2 Å². The maximum absolute atomic E-state index is 11.8. The van der Waals surface area contributed by atoms with E-state index in [0.29, 0.717) is 11.8 Å². The molecule has 0 aliphatic heterocycles. The van der Waals surface area contributed by atoms with Crippen LogP contribution >= 0.6 is 11.3 Å². The lowest BCUT2D eigenvalue weighted by Gasteiger charge is -2.07. The van der Waals surface area contributed by atoms with Gasteiger partial charge in [-0.2, -0.15) is 0 Å². The summed E-state index contributed by atoms with van der Waals surface area (Å²) in [5.41, 5.74) is 2.25. The zero-order valence-corrected chi connectivity index (χ0v) is 17.7. The summed E-state index contributed by atoms with van der Waals surface area (Å²) in [6.07, 6.45) is 4.86. The fraction of sp³-hybridized carbons (Fsp3) is 0.381. The van der Waals surface area contributed by atoms with Gasteiger partial charge in [-0.05, 0) is 41.7 Å². The molecule has 0 radical (unpaired) electrons. The van der Waals surface area contributed by atoms with E-state index in [2.05, 4.69) is 56.7 Å². The second kappa shape index (κ2) is 7.89. The molecule has 138 valence electrons. The molecule has 3 aromatic rings. The number of hydrogen-bond acceptors (Lipinski definition) is 3. The van der Waals surface area contributed by atoms with E-state index in [1.165, 1.54) is 9.88 Å². The predicted octanol–water partition coefficient (Wildman–Crippen LogP) is 5.66. The van der Waals surface area contributed by atoms with E-state index in [1.54, 1.807) is 17.6 Å². The minimum Gasteiger partial charge on any atom is -0.295 e. The lowest BCUT2D eigenvalue weighted by atomic mass is 10.1. The van der Waals surface area contributed by atoms with Gasteiger partial charge in [0.05, 0.1) is 5.69 Å². The Bertz CT molecular complexity index is 922. The van der Waals surface area contributed by atoms with Crippen LogP contribution in [0.4, 0.5) is 0 Å². The Kier molecular flexibility index (Phi) is 5.78. The molecule has 0 aliphatic rings. The van der Waals surface area contributed by atoms with Crippen LogP contribution in [0, 0.1) is 5.92 Å². The molecule has 1 aromatic carbocycles. The van der Waals surface area contributed by atoms with Gasteiger partial charge in [-0.3, -0.25) is 8.78 Å². The van der Waals surface area contributed by atoms with Gasteiger partial charge in [-0.25, -0.2) is 4.98 Å². The van der Waals surface area contributed by atoms with Crippen LogP contribution in [-0.4, -0.2) is 20.0 Å². The van der Waals surface area contributed by atoms with Crippen molar-refractivity contribution in [1.29, 1.82) is 0 Å². The summed E-state index contributed by atoms with van der Waals surface area (Å²) in [5.74, 6) is 2.10.